The maximum Gasteiger partial charge on any atom is 0.275 e. The predicted octanol–water partition coefficient (Wildman–Crippen LogP) is 3.48. The Kier molecular flexibility index (Phi) is 3.74. The number of nitro groups is 1. The van der Waals surface area contributed by atoms with Gasteiger partial charge in [0.25, 0.3) is 5.69 Å². The van der Waals surface area contributed by atoms with Crippen molar-refractivity contribution in [2.24, 2.45) is 5.92 Å². The molecule has 1 aromatic rings. The molecule has 0 saturated heterocycles. The van der Waals surface area contributed by atoms with Gasteiger partial charge in [0.1, 0.15) is 5.69 Å². The zero-order valence-corrected chi connectivity index (χ0v) is 9.79. The lowest BCUT2D eigenvalue weighted by Crippen LogP contribution is -2.13. The van der Waals surface area contributed by atoms with Crippen molar-refractivity contribution in [2.75, 3.05) is 11.9 Å². The molecule has 0 aliphatic heterocycles. The summed E-state index contributed by atoms with van der Waals surface area (Å²) >= 11 is 0. The van der Waals surface area contributed by atoms with Crippen LogP contribution in [0.25, 0.3) is 0 Å². The maximum absolute atomic E-state index is 13.5. The molecule has 1 aliphatic carbocycles. The van der Waals surface area contributed by atoms with Crippen LogP contribution in [-0.4, -0.2) is 11.5 Å². The van der Waals surface area contributed by atoms with E-state index in [0.29, 0.717) is 12.5 Å². The molecule has 4 nitrogen and oxygen atoms in total. The first-order valence-electron chi connectivity index (χ1n) is 5.95. The Labute approximate surface area is 103 Å². The predicted molar refractivity (Wildman–Crippen MR) is 63.5 cm³/mol. The van der Waals surface area contributed by atoms with Gasteiger partial charge >= 0.3 is 0 Å². The summed E-state index contributed by atoms with van der Waals surface area (Å²) in [7, 11) is 0. The second-order valence-corrected chi connectivity index (χ2v) is 4.57. The highest BCUT2D eigenvalue weighted by atomic mass is 19.1. The molecule has 1 saturated carbocycles. The van der Waals surface area contributed by atoms with Crippen LogP contribution in [-0.2, 0) is 0 Å². The third-order valence-corrected chi connectivity index (χ3v) is 3.28. The van der Waals surface area contributed by atoms with Gasteiger partial charge < -0.3 is 5.32 Å². The van der Waals surface area contributed by atoms with Crippen LogP contribution >= 0.6 is 0 Å². The fraction of sp³-hybridized carbons (Fsp3) is 0.500. The number of nitro benzene ring substituents is 1. The van der Waals surface area contributed by atoms with Gasteiger partial charge in [0.15, 0.2) is 11.6 Å². The minimum absolute atomic E-state index is 0.271. The number of non-ortho nitro benzene ring substituents is 1. The van der Waals surface area contributed by atoms with Gasteiger partial charge in [-0.05, 0) is 18.8 Å². The first-order valence-corrected chi connectivity index (χ1v) is 5.95. The molecule has 0 heterocycles. The summed E-state index contributed by atoms with van der Waals surface area (Å²) in [6.07, 6.45) is 4.42. The SMILES string of the molecule is O=[N+]([O-])c1cc(F)c(NCC2CCCC2)c(F)c1. The summed E-state index contributed by atoms with van der Waals surface area (Å²) in [6, 6.07) is 1.47. The molecule has 1 N–H and O–H groups in total. The van der Waals surface area contributed by atoms with Gasteiger partial charge in [0.05, 0.1) is 17.1 Å². The van der Waals surface area contributed by atoms with Crippen LogP contribution < -0.4 is 5.32 Å². The number of benzene rings is 1. The molecule has 6 heteroatoms. The fourth-order valence-corrected chi connectivity index (χ4v) is 2.29. The van der Waals surface area contributed by atoms with Gasteiger partial charge in [-0.2, -0.15) is 0 Å². The van der Waals surface area contributed by atoms with Gasteiger partial charge in [-0.3, -0.25) is 10.1 Å². The van der Waals surface area contributed by atoms with Crippen molar-refractivity contribution in [1.29, 1.82) is 0 Å². The van der Waals surface area contributed by atoms with Crippen molar-refractivity contribution in [3.8, 4) is 0 Å². The molecule has 0 unspecified atom stereocenters. The van der Waals surface area contributed by atoms with Crippen LogP contribution in [0.15, 0.2) is 12.1 Å². The van der Waals surface area contributed by atoms with E-state index in [4.69, 9.17) is 0 Å². The van der Waals surface area contributed by atoms with Crippen molar-refractivity contribution in [3.05, 3.63) is 33.9 Å². The second kappa shape index (κ2) is 5.29. The van der Waals surface area contributed by atoms with Crippen molar-refractivity contribution in [1.82, 2.24) is 0 Å². The third-order valence-electron chi connectivity index (χ3n) is 3.28. The van der Waals surface area contributed by atoms with Crippen molar-refractivity contribution in [3.63, 3.8) is 0 Å². The van der Waals surface area contributed by atoms with Gasteiger partial charge in [-0.1, -0.05) is 12.8 Å². The van der Waals surface area contributed by atoms with Crippen LogP contribution in [0.3, 0.4) is 0 Å². The average molecular weight is 256 g/mol. The molecule has 0 radical (unpaired) electrons. The molecule has 0 amide bonds. The second-order valence-electron chi connectivity index (χ2n) is 4.57. The number of halogens is 2. The summed E-state index contributed by atoms with van der Waals surface area (Å²) in [5.41, 5.74) is -0.844. The van der Waals surface area contributed by atoms with Crippen LogP contribution in [0.1, 0.15) is 25.7 Å². The Balaban J connectivity index is 2.10. The minimum Gasteiger partial charge on any atom is -0.380 e. The lowest BCUT2D eigenvalue weighted by atomic mass is 10.1. The van der Waals surface area contributed by atoms with Gasteiger partial charge in [0.2, 0.25) is 0 Å². The molecule has 1 aromatic carbocycles. The Hall–Kier alpha value is -1.72. The smallest absolute Gasteiger partial charge is 0.275 e. The Morgan fingerprint density at radius 2 is 1.83 bits per heavy atom. The van der Waals surface area contributed by atoms with Crippen molar-refractivity contribution >= 4 is 11.4 Å². The summed E-state index contributed by atoms with van der Waals surface area (Å²) < 4.78 is 27.1. The van der Waals surface area contributed by atoms with E-state index in [-0.39, 0.29) is 5.69 Å². The largest absolute Gasteiger partial charge is 0.380 e. The normalized spacial score (nSPS) is 15.9. The summed E-state index contributed by atoms with van der Waals surface area (Å²) in [5.74, 6) is -1.40. The first kappa shape index (κ1) is 12.7. The third kappa shape index (κ3) is 2.75. The molecule has 2 rings (SSSR count). The molecule has 18 heavy (non-hydrogen) atoms. The van der Waals surface area contributed by atoms with Crippen LogP contribution in [0, 0.1) is 27.7 Å². The standard InChI is InChI=1S/C12H14F2N2O2/c13-10-5-9(16(17)18)6-11(14)12(10)15-7-8-3-1-2-4-8/h5-6,8,15H,1-4,7H2. The van der Waals surface area contributed by atoms with E-state index in [1.54, 1.807) is 0 Å². The highest BCUT2D eigenvalue weighted by Crippen LogP contribution is 2.28. The number of nitrogens with one attached hydrogen (secondary N) is 1. The van der Waals surface area contributed by atoms with E-state index in [0.717, 1.165) is 37.8 Å². The van der Waals surface area contributed by atoms with Gasteiger partial charge in [-0.25, -0.2) is 8.78 Å². The van der Waals surface area contributed by atoms with E-state index in [1.807, 2.05) is 0 Å². The van der Waals surface area contributed by atoms with Crippen LogP contribution in [0.4, 0.5) is 20.2 Å². The van der Waals surface area contributed by atoms with Gasteiger partial charge in [-0.15, -0.1) is 0 Å². The molecule has 0 spiro atoms. The maximum atomic E-state index is 13.5. The number of rotatable bonds is 4. The number of hydrogen-bond acceptors (Lipinski definition) is 3. The lowest BCUT2D eigenvalue weighted by molar-refractivity contribution is -0.385. The van der Waals surface area contributed by atoms with E-state index < -0.39 is 22.2 Å². The average Bonchev–Trinajstić information content (AvgIpc) is 2.80. The van der Waals surface area contributed by atoms with E-state index in [2.05, 4.69) is 5.32 Å². The molecule has 0 atom stereocenters. The molecule has 0 aromatic heterocycles. The highest BCUT2D eigenvalue weighted by molar-refractivity contribution is 5.51. The first-order chi connectivity index (χ1) is 8.58. The fourth-order valence-electron chi connectivity index (χ4n) is 2.29. The molecule has 0 bridgehead atoms. The van der Waals surface area contributed by atoms with E-state index >= 15 is 0 Å². The molecule has 98 valence electrons. The molecule has 1 fully saturated rings. The lowest BCUT2D eigenvalue weighted by Gasteiger charge is -2.12. The summed E-state index contributed by atoms with van der Waals surface area (Å²) in [6.45, 7) is 0.506. The monoisotopic (exact) mass is 256 g/mol. The zero-order valence-electron chi connectivity index (χ0n) is 9.79. The van der Waals surface area contributed by atoms with Crippen molar-refractivity contribution in [2.45, 2.75) is 25.7 Å². The zero-order chi connectivity index (χ0) is 13.1. The Morgan fingerprint density at radius 3 is 2.33 bits per heavy atom. The minimum atomic E-state index is -0.917. The Bertz CT molecular complexity index is 436. The molecular weight excluding hydrogens is 242 g/mol. The van der Waals surface area contributed by atoms with Crippen LogP contribution in [0.5, 0.6) is 0 Å². The van der Waals surface area contributed by atoms with E-state index in [1.165, 1.54) is 0 Å². The topological polar surface area (TPSA) is 55.2 Å². The Morgan fingerprint density at radius 1 is 1.28 bits per heavy atom. The molecule has 1 aliphatic rings. The quantitative estimate of drug-likeness (QED) is 0.662. The highest BCUT2D eigenvalue weighted by Gasteiger charge is 2.19. The summed E-state index contributed by atoms with van der Waals surface area (Å²) in [5, 5.41) is 13.2. The summed E-state index contributed by atoms with van der Waals surface area (Å²) in [4.78, 5) is 9.62. The number of hydrogen-bond donors (Lipinski definition) is 1. The number of nitrogens with zero attached hydrogens (tertiary/aromatic N) is 1. The van der Waals surface area contributed by atoms with Crippen molar-refractivity contribution < 1.29 is 13.7 Å². The van der Waals surface area contributed by atoms with Crippen LogP contribution in [0.2, 0.25) is 0 Å². The molecular formula is C12H14F2N2O2. The van der Waals surface area contributed by atoms with E-state index in [9.17, 15) is 18.9 Å². The van der Waals surface area contributed by atoms with Gasteiger partial charge in [0, 0.05) is 6.54 Å². The number of anilines is 1.